The highest BCUT2D eigenvalue weighted by Crippen LogP contribution is 2.21. The van der Waals surface area contributed by atoms with Crippen LogP contribution in [0.1, 0.15) is 30.8 Å². The van der Waals surface area contributed by atoms with Gasteiger partial charge < -0.3 is 10.1 Å². The monoisotopic (exact) mass is 261 g/mol. The second-order valence-electron chi connectivity index (χ2n) is 4.25. The number of nitrogens with zero attached hydrogens (tertiary/aromatic N) is 4. The van der Waals surface area contributed by atoms with Crippen molar-refractivity contribution in [2.45, 2.75) is 19.4 Å². The summed E-state index contributed by atoms with van der Waals surface area (Å²) < 4.78 is 7.00. The molecule has 0 saturated carbocycles. The van der Waals surface area contributed by atoms with Crippen molar-refractivity contribution < 1.29 is 4.74 Å². The van der Waals surface area contributed by atoms with Crippen LogP contribution in [0.15, 0.2) is 24.7 Å². The molecule has 0 aliphatic carbocycles. The van der Waals surface area contributed by atoms with Crippen molar-refractivity contribution in [1.29, 1.82) is 0 Å². The summed E-state index contributed by atoms with van der Waals surface area (Å²) in [6, 6.07) is 3.83. The van der Waals surface area contributed by atoms with Crippen molar-refractivity contribution in [3.8, 4) is 5.88 Å². The molecule has 2 rings (SSSR count). The van der Waals surface area contributed by atoms with E-state index in [0.717, 1.165) is 24.4 Å². The van der Waals surface area contributed by atoms with Crippen LogP contribution in [0, 0.1) is 0 Å². The first-order chi connectivity index (χ1) is 9.26. The summed E-state index contributed by atoms with van der Waals surface area (Å²) in [4.78, 5) is 8.38. The van der Waals surface area contributed by atoms with Crippen molar-refractivity contribution in [2.24, 2.45) is 7.05 Å². The SMILES string of the molecule is CCCNC(c1cc(OC)ncn1)c1ccnn1C. The number of rotatable bonds is 6. The van der Waals surface area contributed by atoms with Crippen LogP contribution < -0.4 is 10.1 Å². The van der Waals surface area contributed by atoms with Gasteiger partial charge >= 0.3 is 0 Å². The maximum atomic E-state index is 5.16. The zero-order valence-corrected chi connectivity index (χ0v) is 11.5. The van der Waals surface area contributed by atoms with Gasteiger partial charge in [0.15, 0.2) is 0 Å². The molecule has 0 aliphatic rings. The lowest BCUT2D eigenvalue weighted by Gasteiger charge is -2.18. The minimum Gasteiger partial charge on any atom is -0.481 e. The molecule has 0 radical (unpaired) electrons. The molecular weight excluding hydrogens is 242 g/mol. The zero-order chi connectivity index (χ0) is 13.7. The maximum Gasteiger partial charge on any atom is 0.216 e. The van der Waals surface area contributed by atoms with Gasteiger partial charge in [-0.1, -0.05) is 6.92 Å². The molecule has 0 aliphatic heterocycles. The molecule has 0 fully saturated rings. The first-order valence-corrected chi connectivity index (χ1v) is 6.33. The molecule has 19 heavy (non-hydrogen) atoms. The molecule has 1 N–H and O–H groups in total. The smallest absolute Gasteiger partial charge is 0.216 e. The number of nitrogens with one attached hydrogen (secondary N) is 1. The predicted octanol–water partition coefficient (Wildman–Crippen LogP) is 1.31. The van der Waals surface area contributed by atoms with Crippen LogP contribution in [0.4, 0.5) is 0 Å². The molecule has 0 bridgehead atoms. The third kappa shape index (κ3) is 3.08. The van der Waals surface area contributed by atoms with Gasteiger partial charge in [-0.2, -0.15) is 5.10 Å². The number of hydrogen-bond acceptors (Lipinski definition) is 5. The Hall–Kier alpha value is -1.95. The topological polar surface area (TPSA) is 64.9 Å². The summed E-state index contributed by atoms with van der Waals surface area (Å²) >= 11 is 0. The van der Waals surface area contributed by atoms with Crippen LogP contribution >= 0.6 is 0 Å². The Morgan fingerprint density at radius 3 is 2.89 bits per heavy atom. The van der Waals surface area contributed by atoms with E-state index in [-0.39, 0.29) is 6.04 Å². The molecule has 2 heterocycles. The Labute approximate surface area is 112 Å². The molecule has 1 atom stereocenters. The van der Waals surface area contributed by atoms with Gasteiger partial charge in [0.2, 0.25) is 5.88 Å². The van der Waals surface area contributed by atoms with Gasteiger partial charge in [-0.25, -0.2) is 9.97 Å². The second-order valence-corrected chi connectivity index (χ2v) is 4.25. The van der Waals surface area contributed by atoms with Crippen LogP contribution in [0.3, 0.4) is 0 Å². The maximum absolute atomic E-state index is 5.16. The van der Waals surface area contributed by atoms with Crippen LogP contribution in [-0.4, -0.2) is 33.4 Å². The summed E-state index contributed by atoms with van der Waals surface area (Å²) in [5.41, 5.74) is 1.94. The Kier molecular flexibility index (Phi) is 4.46. The van der Waals surface area contributed by atoms with E-state index < -0.39 is 0 Å². The molecule has 0 spiro atoms. The Morgan fingerprint density at radius 1 is 1.42 bits per heavy atom. The van der Waals surface area contributed by atoms with E-state index in [9.17, 15) is 0 Å². The van der Waals surface area contributed by atoms with Gasteiger partial charge in [0.25, 0.3) is 0 Å². The largest absolute Gasteiger partial charge is 0.481 e. The Bertz CT molecular complexity index is 525. The first-order valence-electron chi connectivity index (χ1n) is 6.33. The van der Waals surface area contributed by atoms with E-state index in [1.165, 1.54) is 6.33 Å². The fraction of sp³-hybridized carbons (Fsp3) is 0.462. The van der Waals surface area contributed by atoms with E-state index in [1.807, 2.05) is 23.9 Å². The summed E-state index contributed by atoms with van der Waals surface area (Å²) in [6.45, 7) is 3.04. The standard InChI is InChI=1S/C13H19N5O/c1-4-6-14-13(11-5-7-17-18(11)2)10-8-12(19-3)16-9-15-10/h5,7-9,13-14H,4,6H2,1-3H3. The van der Waals surface area contributed by atoms with E-state index in [2.05, 4.69) is 27.3 Å². The Morgan fingerprint density at radius 2 is 2.26 bits per heavy atom. The van der Waals surface area contributed by atoms with Gasteiger partial charge in [0.1, 0.15) is 6.33 Å². The lowest BCUT2D eigenvalue weighted by Crippen LogP contribution is -2.26. The predicted molar refractivity (Wildman–Crippen MR) is 71.9 cm³/mol. The van der Waals surface area contributed by atoms with Crippen molar-refractivity contribution in [3.63, 3.8) is 0 Å². The summed E-state index contributed by atoms with van der Waals surface area (Å²) in [6.07, 6.45) is 4.36. The van der Waals surface area contributed by atoms with E-state index in [4.69, 9.17) is 4.74 Å². The molecule has 0 saturated heterocycles. The van der Waals surface area contributed by atoms with E-state index in [0.29, 0.717) is 5.88 Å². The van der Waals surface area contributed by atoms with E-state index in [1.54, 1.807) is 13.3 Å². The Balaban J connectivity index is 2.34. The molecule has 6 heteroatoms. The summed E-state index contributed by atoms with van der Waals surface area (Å²) in [7, 11) is 3.53. The normalized spacial score (nSPS) is 12.4. The lowest BCUT2D eigenvalue weighted by molar-refractivity contribution is 0.394. The molecule has 1 unspecified atom stereocenters. The number of ether oxygens (including phenoxy) is 1. The van der Waals surface area contributed by atoms with Gasteiger partial charge in [0, 0.05) is 19.3 Å². The van der Waals surface area contributed by atoms with Crippen LogP contribution in [0.5, 0.6) is 5.88 Å². The molecule has 0 aromatic carbocycles. The molecule has 102 valence electrons. The van der Waals surface area contributed by atoms with Gasteiger partial charge in [-0.3, -0.25) is 4.68 Å². The third-order valence-electron chi connectivity index (χ3n) is 2.92. The number of aryl methyl sites for hydroxylation is 1. The minimum atomic E-state index is -0.00986. The van der Waals surface area contributed by atoms with Crippen LogP contribution in [-0.2, 0) is 7.05 Å². The van der Waals surface area contributed by atoms with Crippen molar-refractivity contribution in [2.75, 3.05) is 13.7 Å². The van der Waals surface area contributed by atoms with Crippen LogP contribution in [0.25, 0.3) is 0 Å². The van der Waals surface area contributed by atoms with Crippen molar-refractivity contribution in [3.05, 3.63) is 36.0 Å². The molecular formula is C13H19N5O. The quantitative estimate of drug-likeness (QED) is 0.849. The molecule has 0 amide bonds. The van der Waals surface area contributed by atoms with Crippen molar-refractivity contribution >= 4 is 0 Å². The number of hydrogen-bond donors (Lipinski definition) is 1. The highest BCUT2D eigenvalue weighted by Gasteiger charge is 2.18. The average molecular weight is 261 g/mol. The second kappa shape index (κ2) is 6.29. The van der Waals surface area contributed by atoms with Gasteiger partial charge in [-0.15, -0.1) is 0 Å². The van der Waals surface area contributed by atoms with Gasteiger partial charge in [0.05, 0.1) is 24.5 Å². The minimum absolute atomic E-state index is 0.00986. The highest BCUT2D eigenvalue weighted by atomic mass is 16.5. The highest BCUT2D eigenvalue weighted by molar-refractivity contribution is 5.24. The fourth-order valence-corrected chi connectivity index (χ4v) is 1.94. The first kappa shape index (κ1) is 13.5. The van der Waals surface area contributed by atoms with Crippen molar-refractivity contribution in [1.82, 2.24) is 25.1 Å². The number of aromatic nitrogens is 4. The molecule has 2 aromatic heterocycles. The average Bonchev–Trinajstić information content (AvgIpc) is 2.86. The zero-order valence-electron chi connectivity index (χ0n) is 11.5. The number of methoxy groups -OCH3 is 1. The molecule has 6 nitrogen and oxygen atoms in total. The summed E-state index contributed by atoms with van der Waals surface area (Å²) in [5, 5.41) is 7.69. The fourth-order valence-electron chi connectivity index (χ4n) is 1.94. The molecule has 2 aromatic rings. The third-order valence-corrected chi connectivity index (χ3v) is 2.92. The lowest BCUT2D eigenvalue weighted by atomic mass is 10.1. The summed E-state index contributed by atoms with van der Waals surface area (Å²) in [5.74, 6) is 0.565. The van der Waals surface area contributed by atoms with Crippen LogP contribution in [0.2, 0.25) is 0 Å². The van der Waals surface area contributed by atoms with Gasteiger partial charge in [-0.05, 0) is 19.0 Å². The van der Waals surface area contributed by atoms with E-state index >= 15 is 0 Å².